The first-order valence-electron chi connectivity index (χ1n) is 9.52. The van der Waals surface area contributed by atoms with Gasteiger partial charge in [0.1, 0.15) is 5.82 Å². The molecule has 1 N–H and O–H groups in total. The van der Waals surface area contributed by atoms with E-state index in [2.05, 4.69) is 15.2 Å². The SMILES string of the molecule is Cc1cc(C)n(-c2ccc(=O)n(C3CCN(c4cc(=O)n(C)c(=O)[nH]4)CC3)n2)n1. The van der Waals surface area contributed by atoms with Crippen LogP contribution in [0.15, 0.2) is 38.6 Å². The van der Waals surface area contributed by atoms with Gasteiger partial charge in [0.2, 0.25) is 0 Å². The maximum Gasteiger partial charge on any atom is 0.329 e. The summed E-state index contributed by atoms with van der Waals surface area (Å²) in [4.78, 5) is 40.9. The van der Waals surface area contributed by atoms with Gasteiger partial charge in [-0.05, 0) is 38.8 Å². The van der Waals surface area contributed by atoms with Gasteiger partial charge in [-0.1, -0.05) is 0 Å². The van der Waals surface area contributed by atoms with E-state index in [4.69, 9.17) is 0 Å². The first-order chi connectivity index (χ1) is 13.8. The molecule has 1 fully saturated rings. The van der Waals surface area contributed by atoms with Crippen molar-refractivity contribution in [3.63, 3.8) is 0 Å². The lowest BCUT2D eigenvalue weighted by Crippen LogP contribution is -2.41. The Morgan fingerprint density at radius 3 is 2.34 bits per heavy atom. The van der Waals surface area contributed by atoms with Crippen molar-refractivity contribution < 1.29 is 0 Å². The summed E-state index contributed by atoms with van der Waals surface area (Å²) < 4.78 is 4.28. The minimum absolute atomic E-state index is 0.0612. The van der Waals surface area contributed by atoms with Crippen LogP contribution in [0.25, 0.3) is 5.82 Å². The first kappa shape index (κ1) is 18.9. The van der Waals surface area contributed by atoms with Gasteiger partial charge in [-0.15, -0.1) is 5.10 Å². The normalized spacial score (nSPS) is 15.1. The number of hydrogen-bond donors (Lipinski definition) is 1. The zero-order valence-electron chi connectivity index (χ0n) is 16.6. The third-order valence-electron chi connectivity index (χ3n) is 5.32. The number of nitrogens with zero attached hydrogens (tertiary/aromatic N) is 6. The molecule has 0 aliphatic carbocycles. The predicted molar refractivity (Wildman–Crippen MR) is 108 cm³/mol. The summed E-state index contributed by atoms with van der Waals surface area (Å²) >= 11 is 0. The summed E-state index contributed by atoms with van der Waals surface area (Å²) in [6.45, 7) is 5.06. The fourth-order valence-electron chi connectivity index (χ4n) is 3.72. The number of anilines is 1. The second-order valence-corrected chi connectivity index (χ2v) is 7.39. The van der Waals surface area contributed by atoms with E-state index < -0.39 is 5.69 Å². The van der Waals surface area contributed by atoms with Crippen LogP contribution in [0.3, 0.4) is 0 Å². The number of H-pyrrole nitrogens is 1. The number of aryl methyl sites for hydroxylation is 2. The second-order valence-electron chi connectivity index (χ2n) is 7.39. The third kappa shape index (κ3) is 3.53. The summed E-state index contributed by atoms with van der Waals surface area (Å²) in [5, 5.41) is 8.99. The van der Waals surface area contributed by atoms with Crippen molar-refractivity contribution in [3.8, 4) is 5.82 Å². The molecule has 0 spiro atoms. The number of rotatable bonds is 3. The molecule has 0 unspecified atom stereocenters. The van der Waals surface area contributed by atoms with Gasteiger partial charge < -0.3 is 4.90 Å². The molecule has 0 radical (unpaired) electrons. The molecular formula is C19H23N7O3. The van der Waals surface area contributed by atoms with Crippen molar-refractivity contribution in [2.24, 2.45) is 7.05 Å². The van der Waals surface area contributed by atoms with Crippen LogP contribution in [0.5, 0.6) is 0 Å². The molecule has 0 bridgehead atoms. The molecule has 0 saturated carbocycles. The molecule has 152 valence electrons. The lowest BCUT2D eigenvalue weighted by Gasteiger charge is -2.33. The number of hydrogen-bond acceptors (Lipinski definition) is 6. The maximum absolute atomic E-state index is 12.4. The Labute approximate surface area is 166 Å². The summed E-state index contributed by atoms with van der Waals surface area (Å²) in [6, 6.07) is 6.52. The van der Waals surface area contributed by atoms with Crippen molar-refractivity contribution in [1.82, 2.24) is 29.1 Å². The molecule has 0 amide bonds. The number of nitrogens with one attached hydrogen (secondary N) is 1. The highest BCUT2D eigenvalue weighted by Gasteiger charge is 2.24. The van der Waals surface area contributed by atoms with Crippen LogP contribution in [0.4, 0.5) is 5.82 Å². The van der Waals surface area contributed by atoms with E-state index in [9.17, 15) is 14.4 Å². The molecule has 0 aromatic carbocycles. The molecular weight excluding hydrogens is 374 g/mol. The monoisotopic (exact) mass is 397 g/mol. The van der Waals surface area contributed by atoms with Crippen molar-refractivity contribution in [3.05, 3.63) is 66.8 Å². The van der Waals surface area contributed by atoms with Gasteiger partial charge in [-0.3, -0.25) is 19.1 Å². The standard InChI is InChI=1S/C19H23N7O3/c1-12-10-13(2)25(21-12)15-4-5-17(27)26(22-15)14-6-8-24(9-7-14)16-11-18(28)23(3)19(29)20-16/h4-5,10-11,14H,6-9H2,1-3H3,(H,20,29). The smallest absolute Gasteiger partial charge is 0.329 e. The van der Waals surface area contributed by atoms with E-state index in [1.165, 1.54) is 23.9 Å². The van der Waals surface area contributed by atoms with Crippen molar-refractivity contribution in [2.75, 3.05) is 18.0 Å². The second kappa shape index (κ2) is 7.19. The van der Waals surface area contributed by atoms with Gasteiger partial charge in [0, 0.05) is 38.0 Å². The Balaban J connectivity index is 1.57. The highest BCUT2D eigenvalue weighted by atomic mass is 16.2. The molecule has 3 aromatic rings. The summed E-state index contributed by atoms with van der Waals surface area (Å²) in [5.41, 5.74) is 0.894. The number of aromatic nitrogens is 6. The molecule has 10 nitrogen and oxygen atoms in total. The first-order valence-corrected chi connectivity index (χ1v) is 9.52. The third-order valence-corrected chi connectivity index (χ3v) is 5.32. The van der Waals surface area contributed by atoms with E-state index in [-0.39, 0.29) is 17.2 Å². The van der Waals surface area contributed by atoms with Crippen LogP contribution in [-0.2, 0) is 7.05 Å². The van der Waals surface area contributed by atoms with Gasteiger partial charge in [0.05, 0.1) is 11.7 Å². The largest absolute Gasteiger partial charge is 0.358 e. The summed E-state index contributed by atoms with van der Waals surface area (Å²) in [5.74, 6) is 1.11. The maximum atomic E-state index is 12.4. The van der Waals surface area contributed by atoms with Gasteiger partial charge in [0.25, 0.3) is 11.1 Å². The minimum Gasteiger partial charge on any atom is -0.358 e. The quantitative estimate of drug-likeness (QED) is 0.679. The van der Waals surface area contributed by atoms with Crippen molar-refractivity contribution in [2.45, 2.75) is 32.7 Å². The Kier molecular flexibility index (Phi) is 4.69. The highest BCUT2D eigenvalue weighted by Crippen LogP contribution is 2.23. The van der Waals surface area contributed by atoms with Crippen LogP contribution in [-0.4, -0.2) is 42.2 Å². The average Bonchev–Trinajstić information content (AvgIpc) is 3.04. The number of aromatic amines is 1. The molecule has 1 aliphatic heterocycles. The molecule has 1 aliphatic rings. The summed E-state index contributed by atoms with van der Waals surface area (Å²) in [7, 11) is 1.44. The zero-order valence-corrected chi connectivity index (χ0v) is 16.6. The Morgan fingerprint density at radius 2 is 1.72 bits per heavy atom. The van der Waals surface area contributed by atoms with E-state index >= 15 is 0 Å². The molecule has 4 rings (SSSR count). The summed E-state index contributed by atoms with van der Waals surface area (Å²) in [6.07, 6.45) is 1.34. The van der Waals surface area contributed by atoms with Crippen LogP contribution >= 0.6 is 0 Å². The molecule has 1 saturated heterocycles. The lowest BCUT2D eigenvalue weighted by molar-refractivity contribution is 0.350. The topological polar surface area (TPSA) is 111 Å². The Bertz CT molecular complexity index is 1190. The fourth-order valence-corrected chi connectivity index (χ4v) is 3.72. The highest BCUT2D eigenvalue weighted by molar-refractivity contribution is 5.37. The van der Waals surface area contributed by atoms with Gasteiger partial charge >= 0.3 is 5.69 Å². The molecule has 29 heavy (non-hydrogen) atoms. The van der Waals surface area contributed by atoms with E-state index in [0.717, 1.165) is 16.0 Å². The number of piperidine rings is 1. The Morgan fingerprint density at radius 1 is 1.00 bits per heavy atom. The van der Waals surface area contributed by atoms with Crippen LogP contribution < -0.4 is 21.7 Å². The zero-order chi connectivity index (χ0) is 20.7. The van der Waals surface area contributed by atoms with E-state index in [1.54, 1.807) is 10.7 Å². The fraction of sp³-hybridized carbons (Fsp3) is 0.421. The van der Waals surface area contributed by atoms with Gasteiger partial charge in [0.15, 0.2) is 5.82 Å². The molecule has 10 heteroatoms. The minimum atomic E-state index is -0.440. The van der Waals surface area contributed by atoms with Crippen LogP contribution in [0.1, 0.15) is 30.3 Å². The van der Waals surface area contributed by atoms with Crippen molar-refractivity contribution >= 4 is 5.82 Å². The van der Waals surface area contributed by atoms with E-state index in [0.29, 0.717) is 37.6 Å². The van der Waals surface area contributed by atoms with Crippen LogP contribution in [0.2, 0.25) is 0 Å². The van der Waals surface area contributed by atoms with Crippen molar-refractivity contribution in [1.29, 1.82) is 0 Å². The average molecular weight is 397 g/mol. The molecule has 4 heterocycles. The Hall–Kier alpha value is -3.43. The molecule has 0 atom stereocenters. The van der Waals surface area contributed by atoms with Gasteiger partial charge in [-0.2, -0.15) is 5.10 Å². The van der Waals surface area contributed by atoms with E-state index in [1.807, 2.05) is 24.8 Å². The van der Waals surface area contributed by atoms with Crippen LogP contribution in [0, 0.1) is 13.8 Å². The predicted octanol–water partition coefficient (Wildman–Crippen LogP) is 0.274. The van der Waals surface area contributed by atoms with Gasteiger partial charge in [-0.25, -0.2) is 14.2 Å². The molecule has 3 aromatic heterocycles. The lowest BCUT2D eigenvalue weighted by atomic mass is 10.1.